The number of carbonyl (C=O) groups excluding carboxylic acids is 1. The number of amides is 1. The van der Waals surface area contributed by atoms with Crippen molar-refractivity contribution in [1.29, 1.82) is 0 Å². The van der Waals surface area contributed by atoms with Crippen LogP contribution in [0.3, 0.4) is 0 Å². The maximum absolute atomic E-state index is 13.1. The minimum atomic E-state index is -4.57. The van der Waals surface area contributed by atoms with E-state index in [1.54, 1.807) is 38.2 Å². The number of fused-ring (bicyclic) bond motifs is 2. The lowest BCUT2D eigenvalue weighted by Gasteiger charge is -2.30. The lowest BCUT2D eigenvalue weighted by molar-refractivity contribution is -0.147. The Kier molecular flexibility index (Phi) is 4.35. The minimum Gasteiger partial charge on any atom is -0.347 e. The SMILES string of the molecule is Cc1ncc2cc(C(=O)N(C)C)c(N3CCn4c(nnc4C(F)(F)F)C3)nc2n1. The maximum Gasteiger partial charge on any atom is 0.451 e. The number of pyridine rings is 1. The summed E-state index contributed by atoms with van der Waals surface area (Å²) in [6, 6.07) is 1.65. The number of hydrogen-bond acceptors (Lipinski definition) is 7. The van der Waals surface area contributed by atoms with Gasteiger partial charge >= 0.3 is 6.18 Å². The molecular formula is C17H17F3N8O. The highest BCUT2D eigenvalue weighted by atomic mass is 19.4. The zero-order valence-electron chi connectivity index (χ0n) is 15.9. The van der Waals surface area contributed by atoms with Crippen molar-refractivity contribution in [3.8, 4) is 0 Å². The molecule has 0 aromatic carbocycles. The van der Waals surface area contributed by atoms with Crippen molar-refractivity contribution in [1.82, 2.24) is 34.6 Å². The summed E-state index contributed by atoms with van der Waals surface area (Å²) in [6.45, 7) is 2.00. The van der Waals surface area contributed by atoms with Gasteiger partial charge in [-0.05, 0) is 13.0 Å². The topological polar surface area (TPSA) is 92.9 Å². The van der Waals surface area contributed by atoms with Crippen molar-refractivity contribution in [2.75, 3.05) is 25.5 Å². The van der Waals surface area contributed by atoms with Gasteiger partial charge in [0.15, 0.2) is 11.5 Å². The first-order valence-corrected chi connectivity index (χ1v) is 8.75. The van der Waals surface area contributed by atoms with E-state index in [9.17, 15) is 18.0 Å². The molecule has 4 rings (SSSR count). The molecule has 1 amide bonds. The highest BCUT2D eigenvalue weighted by Crippen LogP contribution is 2.31. The van der Waals surface area contributed by atoms with Crippen LogP contribution in [0.15, 0.2) is 12.3 Å². The number of halogens is 3. The van der Waals surface area contributed by atoms with Crippen molar-refractivity contribution in [2.24, 2.45) is 0 Å². The Morgan fingerprint density at radius 2 is 1.93 bits per heavy atom. The summed E-state index contributed by atoms with van der Waals surface area (Å²) >= 11 is 0. The third kappa shape index (κ3) is 3.34. The van der Waals surface area contributed by atoms with Gasteiger partial charge in [-0.3, -0.25) is 4.79 Å². The fourth-order valence-corrected chi connectivity index (χ4v) is 3.23. The van der Waals surface area contributed by atoms with E-state index in [0.717, 1.165) is 4.57 Å². The first kappa shape index (κ1) is 19.0. The molecule has 0 bridgehead atoms. The molecule has 12 heteroatoms. The van der Waals surface area contributed by atoms with E-state index in [-0.39, 0.29) is 31.4 Å². The van der Waals surface area contributed by atoms with Gasteiger partial charge in [0.05, 0.1) is 12.1 Å². The first-order chi connectivity index (χ1) is 13.6. The summed E-state index contributed by atoms with van der Waals surface area (Å²) in [5, 5.41) is 7.58. The molecule has 0 saturated carbocycles. The number of hydrogen-bond donors (Lipinski definition) is 0. The number of alkyl halides is 3. The summed E-state index contributed by atoms with van der Waals surface area (Å²) in [5.74, 6) is -0.273. The second kappa shape index (κ2) is 6.64. The molecule has 152 valence electrons. The predicted molar refractivity (Wildman–Crippen MR) is 96.2 cm³/mol. The zero-order chi connectivity index (χ0) is 20.9. The number of aryl methyl sites for hydroxylation is 1. The average Bonchev–Trinajstić information content (AvgIpc) is 3.09. The Hall–Kier alpha value is -3.31. The molecule has 0 fully saturated rings. The fourth-order valence-electron chi connectivity index (χ4n) is 3.23. The zero-order valence-corrected chi connectivity index (χ0v) is 15.9. The lowest BCUT2D eigenvalue weighted by atomic mass is 10.1. The van der Waals surface area contributed by atoms with Gasteiger partial charge in [0, 0.05) is 38.8 Å². The maximum atomic E-state index is 13.1. The Balaban J connectivity index is 1.79. The standard InChI is InChI=1S/C17H17F3N8O/c1-9-21-7-10-6-11(15(29)26(2)3)14(23-13(10)22-9)27-4-5-28-12(8-27)24-25-16(28)17(18,19)20/h6-7H,4-5,8H2,1-3H3. The molecule has 0 saturated heterocycles. The molecule has 1 aliphatic heterocycles. The van der Waals surface area contributed by atoms with Crippen LogP contribution >= 0.6 is 0 Å². The van der Waals surface area contributed by atoms with Crippen molar-refractivity contribution in [3.05, 3.63) is 35.3 Å². The van der Waals surface area contributed by atoms with E-state index < -0.39 is 12.0 Å². The molecular weight excluding hydrogens is 389 g/mol. The number of carbonyl (C=O) groups is 1. The summed E-state index contributed by atoms with van der Waals surface area (Å²) in [5.41, 5.74) is 0.727. The van der Waals surface area contributed by atoms with Gasteiger partial charge in [-0.15, -0.1) is 10.2 Å². The van der Waals surface area contributed by atoms with Crippen molar-refractivity contribution in [2.45, 2.75) is 26.2 Å². The summed E-state index contributed by atoms with van der Waals surface area (Å²) in [7, 11) is 3.23. The molecule has 29 heavy (non-hydrogen) atoms. The van der Waals surface area contributed by atoms with E-state index in [0.29, 0.717) is 28.2 Å². The number of rotatable bonds is 2. The Morgan fingerprint density at radius 3 is 2.62 bits per heavy atom. The highest BCUT2D eigenvalue weighted by Gasteiger charge is 2.40. The van der Waals surface area contributed by atoms with Crippen molar-refractivity contribution >= 4 is 22.8 Å². The van der Waals surface area contributed by atoms with Gasteiger partial charge in [-0.25, -0.2) is 15.0 Å². The first-order valence-electron chi connectivity index (χ1n) is 8.75. The summed E-state index contributed by atoms with van der Waals surface area (Å²) in [6.07, 6.45) is -2.99. The van der Waals surface area contributed by atoms with Crippen LogP contribution in [0.5, 0.6) is 0 Å². The van der Waals surface area contributed by atoms with Crippen LogP contribution in [0.4, 0.5) is 19.0 Å². The van der Waals surface area contributed by atoms with E-state index in [2.05, 4.69) is 25.1 Å². The van der Waals surface area contributed by atoms with Crippen LogP contribution in [-0.4, -0.2) is 61.2 Å². The quantitative estimate of drug-likeness (QED) is 0.639. The second-order valence-electron chi connectivity index (χ2n) is 6.90. The van der Waals surface area contributed by atoms with Crippen molar-refractivity contribution < 1.29 is 18.0 Å². The van der Waals surface area contributed by atoms with Gasteiger partial charge in [0.1, 0.15) is 11.6 Å². The Morgan fingerprint density at radius 1 is 1.17 bits per heavy atom. The van der Waals surface area contributed by atoms with Crippen LogP contribution in [0.25, 0.3) is 11.0 Å². The molecule has 3 aromatic rings. The molecule has 0 atom stereocenters. The smallest absolute Gasteiger partial charge is 0.347 e. The monoisotopic (exact) mass is 406 g/mol. The van der Waals surface area contributed by atoms with Gasteiger partial charge in [0.2, 0.25) is 5.82 Å². The predicted octanol–water partition coefficient (Wildman–Crippen LogP) is 1.67. The van der Waals surface area contributed by atoms with E-state index in [1.165, 1.54) is 4.90 Å². The summed E-state index contributed by atoms with van der Waals surface area (Å²) in [4.78, 5) is 28.8. The summed E-state index contributed by atoms with van der Waals surface area (Å²) < 4.78 is 40.3. The number of anilines is 1. The van der Waals surface area contributed by atoms with Crippen LogP contribution in [0.2, 0.25) is 0 Å². The molecule has 0 N–H and O–H groups in total. The molecule has 3 aromatic heterocycles. The minimum absolute atomic E-state index is 0.0231. The molecule has 9 nitrogen and oxygen atoms in total. The van der Waals surface area contributed by atoms with E-state index in [4.69, 9.17) is 0 Å². The number of aromatic nitrogens is 6. The fraction of sp³-hybridized carbons (Fsp3) is 0.412. The van der Waals surface area contributed by atoms with E-state index in [1.807, 2.05) is 0 Å². The molecule has 0 unspecified atom stereocenters. The van der Waals surface area contributed by atoms with Gasteiger partial charge in [0.25, 0.3) is 5.91 Å². The highest BCUT2D eigenvalue weighted by molar-refractivity contribution is 6.01. The van der Waals surface area contributed by atoms with Crippen LogP contribution in [-0.2, 0) is 19.3 Å². The molecule has 0 spiro atoms. The Bertz CT molecular complexity index is 1110. The number of nitrogens with zero attached hydrogens (tertiary/aromatic N) is 8. The second-order valence-corrected chi connectivity index (χ2v) is 6.90. The van der Waals surface area contributed by atoms with Crippen LogP contribution in [0, 0.1) is 6.92 Å². The van der Waals surface area contributed by atoms with E-state index >= 15 is 0 Å². The Labute approximate surface area is 163 Å². The van der Waals surface area contributed by atoms with Crippen molar-refractivity contribution in [3.63, 3.8) is 0 Å². The lowest BCUT2D eigenvalue weighted by Crippen LogP contribution is -2.37. The van der Waals surface area contributed by atoms with Crippen LogP contribution < -0.4 is 4.90 Å². The van der Waals surface area contributed by atoms with Crippen LogP contribution in [0.1, 0.15) is 27.8 Å². The molecule has 4 heterocycles. The molecule has 0 aliphatic carbocycles. The van der Waals surface area contributed by atoms with Gasteiger partial charge in [-0.2, -0.15) is 13.2 Å². The third-order valence-electron chi connectivity index (χ3n) is 4.61. The van der Waals surface area contributed by atoms with Gasteiger partial charge < -0.3 is 14.4 Å². The molecule has 1 aliphatic rings. The largest absolute Gasteiger partial charge is 0.451 e. The normalized spacial score (nSPS) is 14.2. The molecule has 0 radical (unpaired) electrons. The third-order valence-corrected chi connectivity index (χ3v) is 4.61. The van der Waals surface area contributed by atoms with Gasteiger partial charge in [-0.1, -0.05) is 0 Å². The average molecular weight is 406 g/mol.